The van der Waals surface area contributed by atoms with Crippen molar-refractivity contribution in [3.63, 3.8) is 0 Å². The standard InChI is InChI=1S/C17H23NO3/c1-13(9-10-15-17(2,3)21-15)11-12-20-16(19)18-14-7-5-4-6-8-14/h4-8,11,15H,9-10,12H2,1-3H3,(H,18,19)/b13-11+/t15-/m1/s1. The molecule has 2 rings (SSSR count). The normalized spacial score (nSPS) is 20.0. The molecule has 21 heavy (non-hydrogen) atoms. The largest absolute Gasteiger partial charge is 0.445 e. The number of amides is 1. The Balaban J connectivity index is 1.63. The van der Waals surface area contributed by atoms with Crippen LogP contribution >= 0.6 is 0 Å². The highest BCUT2D eigenvalue weighted by atomic mass is 16.6. The Bertz CT molecular complexity index is 508. The molecular formula is C17H23NO3. The van der Waals surface area contributed by atoms with E-state index in [1.807, 2.05) is 43.3 Å². The molecule has 0 radical (unpaired) electrons. The molecule has 4 nitrogen and oxygen atoms in total. The quantitative estimate of drug-likeness (QED) is 0.632. The first-order chi connectivity index (χ1) is 9.97. The van der Waals surface area contributed by atoms with Gasteiger partial charge < -0.3 is 9.47 Å². The minimum absolute atomic E-state index is 0.0480. The average Bonchev–Trinajstić information content (AvgIpc) is 3.05. The minimum atomic E-state index is -0.433. The van der Waals surface area contributed by atoms with Crippen LogP contribution in [0, 0.1) is 0 Å². The maximum Gasteiger partial charge on any atom is 0.411 e. The molecule has 114 valence electrons. The number of benzene rings is 1. The summed E-state index contributed by atoms with van der Waals surface area (Å²) in [5, 5.41) is 2.68. The highest BCUT2D eigenvalue weighted by Crippen LogP contribution is 2.38. The monoisotopic (exact) mass is 289 g/mol. The highest BCUT2D eigenvalue weighted by Gasteiger charge is 2.46. The van der Waals surface area contributed by atoms with Crippen LogP contribution < -0.4 is 5.32 Å². The second-order valence-corrected chi connectivity index (χ2v) is 5.89. The molecule has 0 aliphatic carbocycles. The molecule has 0 bridgehead atoms. The van der Waals surface area contributed by atoms with Gasteiger partial charge in [-0.2, -0.15) is 0 Å². The first-order valence-corrected chi connectivity index (χ1v) is 7.29. The molecule has 1 aliphatic rings. The van der Waals surface area contributed by atoms with Crippen LogP contribution in [0.2, 0.25) is 0 Å². The topological polar surface area (TPSA) is 50.9 Å². The first kappa shape index (κ1) is 15.6. The second-order valence-electron chi connectivity index (χ2n) is 5.89. The lowest BCUT2D eigenvalue weighted by Gasteiger charge is -2.05. The van der Waals surface area contributed by atoms with E-state index in [-0.39, 0.29) is 5.60 Å². The zero-order valence-electron chi connectivity index (χ0n) is 12.9. The number of nitrogens with one attached hydrogen (secondary N) is 1. The smallest absolute Gasteiger partial charge is 0.411 e. The van der Waals surface area contributed by atoms with Crippen molar-refractivity contribution in [2.24, 2.45) is 0 Å². The summed E-state index contributed by atoms with van der Waals surface area (Å²) in [7, 11) is 0. The van der Waals surface area contributed by atoms with E-state index >= 15 is 0 Å². The van der Waals surface area contributed by atoms with Gasteiger partial charge in [-0.15, -0.1) is 0 Å². The van der Waals surface area contributed by atoms with Crippen molar-refractivity contribution >= 4 is 11.8 Å². The summed E-state index contributed by atoms with van der Waals surface area (Å²) in [6.45, 7) is 6.55. The minimum Gasteiger partial charge on any atom is -0.445 e. The number of para-hydroxylation sites is 1. The number of epoxide rings is 1. The maximum atomic E-state index is 11.6. The molecule has 1 saturated heterocycles. The molecule has 0 aromatic heterocycles. The third-order valence-electron chi connectivity index (χ3n) is 3.63. The predicted octanol–water partition coefficient (Wildman–Crippen LogP) is 4.14. The number of carbonyl (C=O) groups is 1. The van der Waals surface area contributed by atoms with Crippen LogP contribution in [-0.4, -0.2) is 24.4 Å². The molecule has 1 fully saturated rings. The summed E-state index contributed by atoms with van der Waals surface area (Å²) in [4.78, 5) is 11.6. The van der Waals surface area contributed by atoms with Crippen LogP contribution in [0.1, 0.15) is 33.6 Å². The Morgan fingerprint density at radius 1 is 1.38 bits per heavy atom. The van der Waals surface area contributed by atoms with Crippen molar-refractivity contribution in [3.05, 3.63) is 42.0 Å². The lowest BCUT2D eigenvalue weighted by molar-refractivity contribution is 0.174. The summed E-state index contributed by atoms with van der Waals surface area (Å²) >= 11 is 0. The van der Waals surface area contributed by atoms with E-state index in [4.69, 9.17) is 9.47 Å². The fourth-order valence-electron chi connectivity index (χ4n) is 2.14. The van der Waals surface area contributed by atoms with Crippen LogP contribution in [0.15, 0.2) is 42.0 Å². The first-order valence-electron chi connectivity index (χ1n) is 7.29. The second kappa shape index (κ2) is 6.76. The van der Waals surface area contributed by atoms with Crippen LogP contribution in [0.3, 0.4) is 0 Å². The molecule has 1 aliphatic heterocycles. The van der Waals surface area contributed by atoms with Gasteiger partial charge in [0, 0.05) is 5.69 Å². The van der Waals surface area contributed by atoms with E-state index in [1.54, 1.807) is 0 Å². The summed E-state index contributed by atoms with van der Waals surface area (Å²) < 4.78 is 10.7. The van der Waals surface area contributed by atoms with Crippen LogP contribution in [0.4, 0.5) is 10.5 Å². The van der Waals surface area contributed by atoms with E-state index in [0.717, 1.165) is 18.5 Å². The zero-order chi connectivity index (χ0) is 15.3. The molecular weight excluding hydrogens is 266 g/mol. The summed E-state index contributed by atoms with van der Waals surface area (Å²) in [5.74, 6) is 0. The number of carbonyl (C=O) groups excluding carboxylic acids is 1. The van der Waals surface area contributed by atoms with E-state index in [1.165, 1.54) is 5.57 Å². The van der Waals surface area contributed by atoms with Gasteiger partial charge in [-0.1, -0.05) is 23.8 Å². The Morgan fingerprint density at radius 3 is 2.67 bits per heavy atom. The Labute approximate surface area is 126 Å². The van der Waals surface area contributed by atoms with Gasteiger partial charge in [-0.3, -0.25) is 5.32 Å². The van der Waals surface area contributed by atoms with Gasteiger partial charge in [0.2, 0.25) is 0 Å². The van der Waals surface area contributed by atoms with E-state index in [0.29, 0.717) is 12.7 Å². The number of allylic oxidation sites excluding steroid dienone is 1. The SMILES string of the molecule is C/C(=C\COC(=O)Nc1ccccc1)CC[C@H]1OC1(C)C. The third-order valence-corrected chi connectivity index (χ3v) is 3.63. The van der Waals surface area contributed by atoms with Gasteiger partial charge in [0.25, 0.3) is 0 Å². The summed E-state index contributed by atoms with van der Waals surface area (Å²) in [6.07, 6.45) is 3.86. The predicted molar refractivity (Wildman–Crippen MR) is 83.4 cm³/mol. The molecule has 0 saturated carbocycles. The Morgan fingerprint density at radius 2 is 2.05 bits per heavy atom. The van der Waals surface area contributed by atoms with Gasteiger partial charge in [0.1, 0.15) is 6.61 Å². The third kappa shape index (κ3) is 5.23. The van der Waals surface area contributed by atoms with Gasteiger partial charge in [-0.25, -0.2) is 4.79 Å². The summed E-state index contributed by atoms with van der Waals surface area (Å²) in [6, 6.07) is 9.26. The van der Waals surface area contributed by atoms with Crippen LogP contribution in [0.5, 0.6) is 0 Å². The number of hydrogen-bond acceptors (Lipinski definition) is 3. The van der Waals surface area contributed by atoms with Gasteiger partial charge >= 0.3 is 6.09 Å². The highest BCUT2D eigenvalue weighted by molar-refractivity contribution is 5.84. The number of anilines is 1. The number of rotatable bonds is 6. The maximum absolute atomic E-state index is 11.6. The van der Waals surface area contributed by atoms with Crippen molar-refractivity contribution in [3.8, 4) is 0 Å². The Kier molecular flexibility index (Phi) is 5.02. The van der Waals surface area contributed by atoms with Crippen molar-refractivity contribution in [2.45, 2.75) is 45.3 Å². The average molecular weight is 289 g/mol. The number of ether oxygens (including phenoxy) is 2. The van der Waals surface area contributed by atoms with Crippen molar-refractivity contribution in [2.75, 3.05) is 11.9 Å². The van der Waals surface area contributed by atoms with E-state index in [9.17, 15) is 4.79 Å². The fraction of sp³-hybridized carbons (Fsp3) is 0.471. The molecule has 1 N–H and O–H groups in total. The molecule has 1 aromatic rings. The van der Waals surface area contributed by atoms with Gasteiger partial charge in [0.05, 0.1) is 11.7 Å². The van der Waals surface area contributed by atoms with Crippen LogP contribution in [0.25, 0.3) is 0 Å². The lowest BCUT2D eigenvalue weighted by atomic mass is 10.0. The van der Waals surface area contributed by atoms with Crippen molar-refractivity contribution < 1.29 is 14.3 Å². The molecule has 0 spiro atoms. The van der Waals surface area contributed by atoms with E-state index in [2.05, 4.69) is 19.2 Å². The lowest BCUT2D eigenvalue weighted by Crippen LogP contribution is -2.13. The molecule has 1 amide bonds. The van der Waals surface area contributed by atoms with Crippen LogP contribution in [-0.2, 0) is 9.47 Å². The fourth-order valence-corrected chi connectivity index (χ4v) is 2.14. The molecule has 1 heterocycles. The molecule has 0 unspecified atom stereocenters. The van der Waals surface area contributed by atoms with E-state index < -0.39 is 6.09 Å². The zero-order valence-corrected chi connectivity index (χ0v) is 12.9. The van der Waals surface area contributed by atoms with Gasteiger partial charge in [0.15, 0.2) is 0 Å². The van der Waals surface area contributed by atoms with Gasteiger partial charge in [-0.05, 0) is 51.8 Å². The van der Waals surface area contributed by atoms with Crippen molar-refractivity contribution in [1.29, 1.82) is 0 Å². The summed E-state index contributed by atoms with van der Waals surface area (Å²) in [5.41, 5.74) is 2.00. The molecule has 4 heteroatoms. The Hall–Kier alpha value is -1.81. The molecule has 1 aromatic carbocycles. The van der Waals surface area contributed by atoms with Crippen molar-refractivity contribution in [1.82, 2.24) is 0 Å². The number of hydrogen-bond donors (Lipinski definition) is 1. The molecule has 1 atom stereocenters.